The van der Waals surface area contributed by atoms with Gasteiger partial charge in [-0.3, -0.25) is 4.79 Å². The van der Waals surface area contributed by atoms with Crippen molar-refractivity contribution in [3.8, 4) is 0 Å². The lowest BCUT2D eigenvalue weighted by Gasteiger charge is -2.18. The van der Waals surface area contributed by atoms with Crippen LogP contribution in [0, 0.1) is 0 Å². The van der Waals surface area contributed by atoms with E-state index < -0.39 is 0 Å². The van der Waals surface area contributed by atoms with Crippen molar-refractivity contribution in [3.05, 3.63) is 42.5 Å². The van der Waals surface area contributed by atoms with Gasteiger partial charge in [-0.1, -0.05) is 25.1 Å². The Hall–Kier alpha value is -2.49. The molecule has 0 aliphatic rings. The third kappa shape index (κ3) is 3.34. The van der Waals surface area contributed by atoms with Crippen molar-refractivity contribution in [3.63, 3.8) is 0 Å². The van der Waals surface area contributed by atoms with Gasteiger partial charge in [0.05, 0.1) is 0 Å². The standard InChI is InChI=1S/C21H27N3O/c1-5-14(3)22-21(25)15(4)23-16-11-12-20-18(13-16)17-9-7-8-10-19(17)24(20)6-2/h7-15,23H,5-6H2,1-4H3,(H,22,25). The molecule has 0 radical (unpaired) electrons. The van der Waals surface area contributed by atoms with Gasteiger partial charge in [-0.05, 0) is 51.5 Å². The Morgan fingerprint density at radius 3 is 2.48 bits per heavy atom. The van der Waals surface area contributed by atoms with Gasteiger partial charge in [-0.2, -0.15) is 0 Å². The highest BCUT2D eigenvalue weighted by Crippen LogP contribution is 2.31. The normalized spacial score (nSPS) is 13.8. The zero-order chi connectivity index (χ0) is 18.0. The van der Waals surface area contributed by atoms with Gasteiger partial charge in [-0.15, -0.1) is 0 Å². The molecule has 0 aliphatic carbocycles. The number of nitrogens with one attached hydrogen (secondary N) is 2. The predicted octanol–water partition coefficient (Wildman–Crippen LogP) is 4.53. The number of nitrogens with zero attached hydrogens (tertiary/aromatic N) is 1. The van der Waals surface area contributed by atoms with Crippen molar-refractivity contribution in [2.24, 2.45) is 0 Å². The molecule has 1 amide bonds. The lowest BCUT2D eigenvalue weighted by Crippen LogP contribution is -2.41. The highest BCUT2D eigenvalue weighted by molar-refractivity contribution is 6.09. The number of hydrogen-bond donors (Lipinski definition) is 2. The van der Waals surface area contributed by atoms with Crippen molar-refractivity contribution in [2.75, 3.05) is 5.32 Å². The van der Waals surface area contributed by atoms with Crippen LogP contribution in [-0.2, 0) is 11.3 Å². The summed E-state index contributed by atoms with van der Waals surface area (Å²) in [5.41, 5.74) is 3.45. The minimum absolute atomic E-state index is 0.0328. The summed E-state index contributed by atoms with van der Waals surface area (Å²) in [5.74, 6) is 0.0328. The third-order valence-electron chi connectivity index (χ3n) is 4.87. The van der Waals surface area contributed by atoms with Crippen LogP contribution >= 0.6 is 0 Å². The van der Waals surface area contributed by atoms with Crippen LogP contribution in [0.2, 0.25) is 0 Å². The number of fused-ring (bicyclic) bond motifs is 3. The van der Waals surface area contributed by atoms with Crippen molar-refractivity contribution in [1.29, 1.82) is 0 Å². The van der Waals surface area contributed by atoms with E-state index in [1.807, 2.05) is 13.8 Å². The Bertz CT molecular complexity index is 897. The summed E-state index contributed by atoms with van der Waals surface area (Å²) in [6.07, 6.45) is 0.931. The smallest absolute Gasteiger partial charge is 0.242 e. The number of aryl methyl sites for hydroxylation is 1. The quantitative estimate of drug-likeness (QED) is 0.694. The van der Waals surface area contributed by atoms with Gasteiger partial charge >= 0.3 is 0 Å². The molecule has 1 aromatic heterocycles. The first-order chi connectivity index (χ1) is 12.0. The summed E-state index contributed by atoms with van der Waals surface area (Å²) in [4.78, 5) is 12.3. The van der Waals surface area contributed by atoms with Crippen LogP contribution in [0.1, 0.15) is 34.1 Å². The second kappa shape index (κ2) is 7.18. The Kier molecular flexibility index (Phi) is 4.98. The van der Waals surface area contributed by atoms with Crippen LogP contribution in [0.4, 0.5) is 5.69 Å². The average Bonchev–Trinajstić information content (AvgIpc) is 2.94. The van der Waals surface area contributed by atoms with Crippen molar-refractivity contribution in [1.82, 2.24) is 9.88 Å². The molecular formula is C21H27N3O. The molecule has 4 heteroatoms. The van der Waals surface area contributed by atoms with Crippen LogP contribution < -0.4 is 10.6 Å². The van der Waals surface area contributed by atoms with Crippen LogP contribution in [0.15, 0.2) is 42.5 Å². The number of amides is 1. The zero-order valence-corrected chi connectivity index (χ0v) is 15.5. The Labute approximate surface area is 149 Å². The van der Waals surface area contributed by atoms with Crippen LogP contribution in [-0.4, -0.2) is 22.6 Å². The average molecular weight is 337 g/mol. The number of carbonyl (C=O) groups is 1. The molecule has 0 aliphatic heterocycles. The zero-order valence-electron chi connectivity index (χ0n) is 15.5. The van der Waals surface area contributed by atoms with Gasteiger partial charge < -0.3 is 15.2 Å². The van der Waals surface area contributed by atoms with E-state index >= 15 is 0 Å². The van der Waals surface area contributed by atoms with E-state index in [1.165, 1.54) is 21.8 Å². The van der Waals surface area contributed by atoms with Crippen LogP contribution in [0.5, 0.6) is 0 Å². The molecule has 0 bridgehead atoms. The molecule has 132 valence electrons. The molecule has 0 spiro atoms. The van der Waals surface area contributed by atoms with E-state index in [9.17, 15) is 4.79 Å². The maximum atomic E-state index is 12.3. The highest BCUT2D eigenvalue weighted by atomic mass is 16.2. The first kappa shape index (κ1) is 17.3. The number of benzene rings is 2. The summed E-state index contributed by atoms with van der Waals surface area (Å²) < 4.78 is 2.33. The molecule has 0 saturated carbocycles. The third-order valence-corrected chi connectivity index (χ3v) is 4.87. The van der Waals surface area contributed by atoms with Crippen molar-refractivity contribution < 1.29 is 4.79 Å². The van der Waals surface area contributed by atoms with Gasteiger partial charge in [0.2, 0.25) is 5.91 Å². The minimum Gasteiger partial charge on any atom is -0.374 e. The number of hydrogen-bond acceptors (Lipinski definition) is 2. The molecule has 1 heterocycles. The molecule has 3 aromatic rings. The first-order valence-corrected chi connectivity index (χ1v) is 9.13. The summed E-state index contributed by atoms with van der Waals surface area (Å²) in [7, 11) is 0. The van der Waals surface area contributed by atoms with E-state index in [-0.39, 0.29) is 18.0 Å². The summed E-state index contributed by atoms with van der Waals surface area (Å²) in [6.45, 7) is 9.10. The second-order valence-electron chi connectivity index (χ2n) is 6.68. The van der Waals surface area contributed by atoms with Crippen LogP contribution in [0.3, 0.4) is 0 Å². The largest absolute Gasteiger partial charge is 0.374 e. The number of carbonyl (C=O) groups excluding carboxylic acids is 1. The number of rotatable bonds is 6. The Balaban J connectivity index is 1.91. The molecule has 2 unspecified atom stereocenters. The van der Waals surface area contributed by atoms with E-state index in [0.717, 1.165) is 18.7 Å². The second-order valence-corrected chi connectivity index (χ2v) is 6.68. The Morgan fingerprint density at radius 2 is 1.76 bits per heavy atom. The monoisotopic (exact) mass is 337 g/mol. The Morgan fingerprint density at radius 1 is 1.04 bits per heavy atom. The fourth-order valence-electron chi connectivity index (χ4n) is 3.27. The van der Waals surface area contributed by atoms with E-state index in [2.05, 4.69) is 71.5 Å². The molecule has 3 rings (SSSR count). The lowest BCUT2D eigenvalue weighted by atomic mass is 10.1. The molecule has 2 N–H and O–H groups in total. The van der Waals surface area contributed by atoms with Gasteiger partial charge in [0.1, 0.15) is 6.04 Å². The lowest BCUT2D eigenvalue weighted by molar-refractivity contribution is -0.122. The van der Waals surface area contributed by atoms with Gasteiger partial charge in [0.15, 0.2) is 0 Å². The summed E-state index contributed by atoms with van der Waals surface area (Å²) >= 11 is 0. The molecule has 4 nitrogen and oxygen atoms in total. The van der Waals surface area contributed by atoms with Crippen molar-refractivity contribution in [2.45, 2.75) is 52.7 Å². The number of para-hydroxylation sites is 1. The SMILES string of the molecule is CCC(C)NC(=O)C(C)Nc1ccc2c(c1)c1ccccc1n2CC. The molecule has 0 fully saturated rings. The summed E-state index contributed by atoms with van der Waals surface area (Å²) in [5, 5.41) is 8.83. The summed E-state index contributed by atoms with van der Waals surface area (Å²) in [6, 6.07) is 14.7. The fraction of sp³-hybridized carbons (Fsp3) is 0.381. The maximum absolute atomic E-state index is 12.3. The van der Waals surface area contributed by atoms with Gasteiger partial charge in [0, 0.05) is 40.1 Å². The van der Waals surface area contributed by atoms with E-state index in [0.29, 0.717) is 0 Å². The fourth-order valence-corrected chi connectivity index (χ4v) is 3.27. The molecule has 25 heavy (non-hydrogen) atoms. The number of anilines is 1. The molecular weight excluding hydrogens is 310 g/mol. The van der Waals surface area contributed by atoms with E-state index in [4.69, 9.17) is 0 Å². The van der Waals surface area contributed by atoms with Gasteiger partial charge in [0.25, 0.3) is 0 Å². The van der Waals surface area contributed by atoms with E-state index in [1.54, 1.807) is 0 Å². The number of aromatic nitrogens is 1. The minimum atomic E-state index is -0.272. The first-order valence-electron chi connectivity index (χ1n) is 9.13. The highest BCUT2D eigenvalue weighted by Gasteiger charge is 2.15. The van der Waals surface area contributed by atoms with Crippen molar-refractivity contribution >= 4 is 33.4 Å². The predicted molar refractivity (Wildman–Crippen MR) is 106 cm³/mol. The van der Waals surface area contributed by atoms with Gasteiger partial charge in [-0.25, -0.2) is 0 Å². The molecule has 0 saturated heterocycles. The maximum Gasteiger partial charge on any atom is 0.242 e. The topological polar surface area (TPSA) is 46.1 Å². The molecule has 2 atom stereocenters. The van der Waals surface area contributed by atoms with Crippen LogP contribution in [0.25, 0.3) is 21.8 Å². The molecule has 2 aromatic carbocycles.